The fraction of sp³-hybridized carbons (Fsp3) is 0.348. The molecule has 0 unspecified atom stereocenters. The minimum atomic E-state index is -1.17. The Labute approximate surface area is 175 Å². The van der Waals surface area contributed by atoms with E-state index in [9.17, 15) is 14.4 Å². The van der Waals surface area contributed by atoms with E-state index >= 15 is 0 Å². The van der Waals surface area contributed by atoms with Crippen molar-refractivity contribution in [3.63, 3.8) is 0 Å². The van der Waals surface area contributed by atoms with Gasteiger partial charge in [0.15, 0.2) is 0 Å². The molecule has 4 rings (SSSR count). The highest BCUT2D eigenvalue weighted by atomic mass is 16.5. The Hall–Kier alpha value is -3.35. The van der Waals surface area contributed by atoms with Gasteiger partial charge in [-0.15, -0.1) is 0 Å². The number of carbonyl (C=O) groups excluding carboxylic acids is 3. The molecular formula is C23H25N3O4. The molecule has 156 valence electrons. The number of hydrogen-bond donors (Lipinski definition) is 1. The van der Waals surface area contributed by atoms with Crippen LogP contribution in [0.5, 0.6) is 5.75 Å². The lowest BCUT2D eigenvalue weighted by Gasteiger charge is -2.30. The van der Waals surface area contributed by atoms with E-state index in [-0.39, 0.29) is 12.5 Å². The van der Waals surface area contributed by atoms with Crippen LogP contribution in [0.25, 0.3) is 0 Å². The zero-order chi connectivity index (χ0) is 21.3. The van der Waals surface area contributed by atoms with Crippen LogP contribution >= 0.6 is 0 Å². The first-order chi connectivity index (χ1) is 14.5. The number of rotatable bonds is 5. The van der Waals surface area contributed by atoms with Crippen molar-refractivity contribution in [2.24, 2.45) is 0 Å². The predicted molar refractivity (Wildman–Crippen MR) is 111 cm³/mol. The number of carbonyl (C=O) groups is 3. The number of fused-ring (bicyclic) bond motifs is 1. The summed E-state index contributed by atoms with van der Waals surface area (Å²) in [7, 11) is 1.57. The molecule has 2 aliphatic rings. The predicted octanol–water partition coefficient (Wildman–Crippen LogP) is 2.44. The highest BCUT2D eigenvalue weighted by Gasteiger charge is 2.51. The minimum Gasteiger partial charge on any atom is -0.497 e. The molecule has 0 bridgehead atoms. The summed E-state index contributed by atoms with van der Waals surface area (Å²) in [6, 6.07) is 14.5. The van der Waals surface area contributed by atoms with Crippen LogP contribution in [0.3, 0.4) is 0 Å². The molecule has 0 aliphatic carbocycles. The Balaban J connectivity index is 1.51. The van der Waals surface area contributed by atoms with Gasteiger partial charge in [-0.1, -0.05) is 43.3 Å². The van der Waals surface area contributed by atoms with Crippen LogP contribution < -0.4 is 10.1 Å². The molecule has 7 heteroatoms. The first-order valence-electron chi connectivity index (χ1n) is 10.1. The number of nitrogens with zero attached hydrogens (tertiary/aromatic N) is 2. The third kappa shape index (κ3) is 3.30. The molecule has 7 nitrogen and oxygen atoms in total. The first kappa shape index (κ1) is 19.9. The topological polar surface area (TPSA) is 79.0 Å². The van der Waals surface area contributed by atoms with Crippen LogP contribution in [0.4, 0.5) is 4.79 Å². The Morgan fingerprint density at radius 2 is 1.80 bits per heavy atom. The maximum atomic E-state index is 13.3. The second-order valence-corrected chi connectivity index (χ2v) is 7.64. The van der Waals surface area contributed by atoms with E-state index < -0.39 is 17.5 Å². The van der Waals surface area contributed by atoms with E-state index in [1.54, 1.807) is 36.3 Å². The number of amides is 4. The molecule has 0 radical (unpaired) electrons. The molecule has 4 amide bonds. The van der Waals surface area contributed by atoms with Crippen molar-refractivity contribution in [3.05, 3.63) is 65.2 Å². The molecule has 2 heterocycles. The number of benzene rings is 2. The third-order valence-corrected chi connectivity index (χ3v) is 6.07. The van der Waals surface area contributed by atoms with Crippen LogP contribution in [-0.4, -0.2) is 47.8 Å². The van der Waals surface area contributed by atoms with E-state index in [1.165, 1.54) is 5.56 Å². The van der Waals surface area contributed by atoms with E-state index in [0.29, 0.717) is 30.8 Å². The molecule has 1 N–H and O–H groups in total. The van der Waals surface area contributed by atoms with E-state index in [4.69, 9.17) is 4.74 Å². The van der Waals surface area contributed by atoms with Crippen molar-refractivity contribution in [2.45, 2.75) is 31.8 Å². The molecule has 0 aromatic heterocycles. The lowest BCUT2D eigenvalue weighted by molar-refractivity contribution is -0.139. The molecular weight excluding hydrogens is 382 g/mol. The summed E-state index contributed by atoms with van der Waals surface area (Å²) in [5, 5.41) is 2.82. The van der Waals surface area contributed by atoms with Crippen molar-refractivity contribution in [2.75, 3.05) is 20.2 Å². The number of ether oxygens (including phenoxy) is 1. The van der Waals surface area contributed by atoms with Gasteiger partial charge in [0, 0.05) is 13.1 Å². The SMILES string of the molecule is CC[C@]1(c2ccc(OC)cc2)NC(=O)N(CC(=O)N2CCc3ccccc3C2)C1=O. The smallest absolute Gasteiger partial charge is 0.325 e. The van der Waals surface area contributed by atoms with Gasteiger partial charge in [0.25, 0.3) is 5.91 Å². The van der Waals surface area contributed by atoms with Crippen molar-refractivity contribution in [1.82, 2.24) is 15.1 Å². The molecule has 1 fully saturated rings. The van der Waals surface area contributed by atoms with Crippen molar-refractivity contribution in [1.29, 1.82) is 0 Å². The maximum absolute atomic E-state index is 13.3. The monoisotopic (exact) mass is 407 g/mol. The molecule has 0 spiro atoms. The van der Waals surface area contributed by atoms with Crippen molar-refractivity contribution >= 4 is 17.8 Å². The summed E-state index contributed by atoms with van der Waals surface area (Å²) in [5.74, 6) is 0.0414. The van der Waals surface area contributed by atoms with Crippen LogP contribution in [0.15, 0.2) is 48.5 Å². The van der Waals surface area contributed by atoms with Crippen LogP contribution in [0, 0.1) is 0 Å². The van der Waals surface area contributed by atoms with Gasteiger partial charge in [0.2, 0.25) is 5.91 Å². The van der Waals surface area contributed by atoms with Gasteiger partial charge < -0.3 is 15.0 Å². The third-order valence-electron chi connectivity index (χ3n) is 6.07. The van der Waals surface area contributed by atoms with Crippen molar-refractivity contribution in [3.8, 4) is 5.75 Å². The summed E-state index contributed by atoms with van der Waals surface area (Å²) in [6.45, 7) is 2.66. The lowest BCUT2D eigenvalue weighted by Crippen LogP contribution is -2.46. The van der Waals surface area contributed by atoms with E-state index in [0.717, 1.165) is 16.9 Å². The summed E-state index contributed by atoms with van der Waals surface area (Å²) in [4.78, 5) is 41.6. The molecule has 30 heavy (non-hydrogen) atoms. The number of nitrogens with one attached hydrogen (secondary N) is 1. The first-order valence-corrected chi connectivity index (χ1v) is 10.1. The van der Waals surface area contributed by atoms with Gasteiger partial charge in [0.1, 0.15) is 17.8 Å². The Morgan fingerprint density at radius 1 is 1.10 bits per heavy atom. The fourth-order valence-corrected chi connectivity index (χ4v) is 4.23. The van der Waals surface area contributed by atoms with Gasteiger partial charge in [0.05, 0.1) is 7.11 Å². The molecule has 1 atom stereocenters. The van der Waals surface area contributed by atoms with Crippen LogP contribution in [0.1, 0.15) is 30.0 Å². The Morgan fingerprint density at radius 3 is 2.47 bits per heavy atom. The highest BCUT2D eigenvalue weighted by molar-refractivity contribution is 6.09. The van der Waals surface area contributed by atoms with Crippen LogP contribution in [0.2, 0.25) is 0 Å². The van der Waals surface area contributed by atoms with Gasteiger partial charge in [-0.2, -0.15) is 0 Å². The number of urea groups is 1. The fourth-order valence-electron chi connectivity index (χ4n) is 4.23. The average Bonchev–Trinajstić information content (AvgIpc) is 3.03. The number of imide groups is 1. The van der Waals surface area contributed by atoms with Gasteiger partial charge in [-0.25, -0.2) is 4.79 Å². The van der Waals surface area contributed by atoms with E-state index in [1.807, 2.05) is 25.1 Å². The molecule has 2 aromatic rings. The zero-order valence-corrected chi connectivity index (χ0v) is 17.2. The van der Waals surface area contributed by atoms with Gasteiger partial charge in [-0.05, 0) is 41.7 Å². The summed E-state index contributed by atoms with van der Waals surface area (Å²) in [6.07, 6.45) is 1.15. The average molecular weight is 407 g/mol. The second kappa shape index (κ2) is 7.82. The highest BCUT2D eigenvalue weighted by Crippen LogP contribution is 2.33. The van der Waals surface area contributed by atoms with Crippen LogP contribution in [-0.2, 0) is 28.1 Å². The number of hydrogen-bond acceptors (Lipinski definition) is 4. The Kier molecular flexibility index (Phi) is 5.20. The van der Waals surface area contributed by atoms with Gasteiger partial charge >= 0.3 is 6.03 Å². The normalized spacial score (nSPS) is 20.7. The lowest BCUT2D eigenvalue weighted by atomic mass is 9.87. The minimum absolute atomic E-state index is 0.227. The summed E-state index contributed by atoms with van der Waals surface area (Å²) in [5.41, 5.74) is 1.85. The Bertz CT molecular complexity index is 988. The second-order valence-electron chi connectivity index (χ2n) is 7.64. The molecule has 2 aromatic carbocycles. The maximum Gasteiger partial charge on any atom is 0.325 e. The molecule has 0 saturated carbocycles. The van der Waals surface area contributed by atoms with Crippen molar-refractivity contribution < 1.29 is 19.1 Å². The quantitative estimate of drug-likeness (QED) is 0.773. The number of methoxy groups -OCH3 is 1. The zero-order valence-electron chi connectivity index (χ0n) is 17.2. The molecule has 1 saturated heterocycles. The standard InChI is InChI=1S/C23H25N3O4/c1-3-23(18-8-10-19(30-2)11-9-18)21(28)26(22(29)24-23)15-20(27)25-13-12-16-6-4-5-7-17(16)14-25/h4-11H,3,12-15H2,1-2H3,(H,24,29)/t23-/m1/s1. The molecule has 2 aliphatic heterocycles. The summed E-state index contributed by atoms with van der Waals surface area (Å²) >= 11 is 0. The summed E-state index contributed by atoms with van der Waals surface area (Å²) < 4.78 is 5.18. The largest absolute Gasteiger partial charge is 0.497 e. The van der Waals surface area contributed by atoms with E-state index in [2.05, 4.69) is 11.4 Å². The van der Waals surface area contributed by atoms with Gasteiger partial charge in [-0.3, -0.25) is 14.5 Å².